The van der Waals surface area contributed by atoms with Gasteiger partial charge in [-0.05, 0) is 48.9 Å². The van der Waals surface area contributed by atoms with Crippen molar-refractivity contribution in [3.05, 3.63) is 81.5 Å². The molecule has 134 valence electrons. The molecule has 0 atom stereocenters. The molecule has 2 aromatic carbocycles. The van der Waals surface area contributed by atoms with E-state index in [1.165, 1.54) is 6.08 Å². The molecule has 0 bridgehead atoms. The zero-order valence-electron chi connectivity index (χ0n) is 14.3. The molecule has 0 radical (unpaired) electrons. The second-order valence-electron chi connectivity index (χ2n) is 5.75. The Labute approximate surface area is 166 Å². The number of nitrogens with zero attached hydrogens (tertiary/aromatic N) is 1. The highest BCUT2D eigenvalue weighted by molar-refractivity contribution is 6.32. The predicted molar refractivity (Wildman–Crippen MR) is 108 cm³/mol. The third kappa shape index (κ3) is 4.40. The minimum absolute atomic E-state index is 0.0821. The average molecular weight is 397 g/mol. The van der Waals surface area contributed by atoms with Crippen molar-refractivity contribution in [2.45, 2.75) is 6.92 Å². The number of hydrogen-bond donors (Lipinski definition) is 1. The van der Waals surface area contributed by atoms with Crippen molar-refractivity contribution >= 4 is 40.9 Å². The molecule has 0 saturated carbocycles. The van der Waals surface area contributed by atoms with Gasteiger partial charge in [0.05, 0.1) is 0 Å². The van der Waals surface area contributed by atoms with Crippen molar-refractivity contribution in [2.24, 2.45) is 0 Å². The predicted octanol–water partition coefficient (Wildman–Crippen LogP) is 6.11. The van der Waals surface area contributed by atoms with E-state index < -0.39 is 5.91 Å². The molecule has 3 rings (SSSR count). The molecule has 0 aliphatic carbocycles. The Balaban J connectivity index is 1.83. The summed E-state index contributed by atoms with van der Waals surface area (Å²) in [5.41, 5.74) is 2.00. The lowest BCUT2D eigenvalue weighted by molar-refractivity contribution is -0.112. The third-order valence-corrected chi connectivity index (χ3v) is 4.55. The molecule has 1 heterocycles. The number of halogens is 2. The highest BCUT2D eigenvalue weighted by Gasteiger charge is 2.13. The summed E-state index contributed by atoms with van der Waals surface area (Å²) in [6.07, 6.45) is 1.39. The van der Waals surface area contributed by atoms with Crippen LogP contribution in [-0.4, -0.2) is 5.91 Å². The highest BCUT2D eigenvalue weighted by atomic mass is 35.5. The number of carbonyl (C=O) groups excluding carboxylic acids is 1. The molecule has 0 aliphatic heterocycles. The number of hydrogen-bond acceptors (Lipinski definition) is 3. The zero-order valence-corrected chi connectivity index (χ0v) is 15.8. The number of rotatable bonds is 4. The number of carbonyl (C=O) groups is 1. The van der Waals surface area contributed by atoms with Crippen molar-refractivity contribution in [3.63, 3.8) is 0 Å². The van der Waals surface area contributed by atoms with Gasteiger partial charge < -0.3 is 9.73 Å². The molecule has 1 aromatic heterocycles. The van der Waals surface area contributed by atoms with Crippen LogP contribution < -0.4 is 5.32 Å². The van der Waals surface area contributed by atoms with E-state index in [1.807, 2.05) is 18.2 Å². The number of furan rings is 1. The van der Waals surface area contributed by atoms with E-state index in [-0.39, 0.29) is 5.57 Å². The standard InChI is InChI=1S/C21H14Cl2N2O2/c1-13-18(23)6-3-7-19(13)25-21(26)15(12-24)11-17-8-9-20(27-17)14-4-2-5-16(22)10-14/h2-11H,1H3,(H,25,26). The van der Waals surface area contributed by atoms with E-state index in [2.05, 4.69) is 5.32 Å². The first-order valence-electron chi connectivity index (χ1n) is 8.02. The summed E-state index contributed by atoms with van der Waals surface area (Å²) in [5.74, 6) is 0.440. The maximum Gasteiger partial charge on any atom is 0.266 e. The van der Waals surface area contributed by atoms with Gasteiger partial charge in [0.2, 0.25) is 0 Å². The number of nitrogens with one attached hydrogen (secondary N) is 1. The first-order valence-corrected chi connectivity index (χ1v) is 8.77. The van der Waals surface area contributed by atoms with Gasteiger partial charge in [0, 0.05) is 27.4 Å². The van der Waals surface area contributed by atoms with E-state index >= 15 is 0 Å². The van der Waals surface area contributed by atoms with E-state index in [4.69, 9.17) is 27.6 Å². The second-order valence-corrected chi connectivity index (χ2v) is 6.59. The maximum atomic E-state index is 12.4. The van der Waals surface area contributed by atoms with Crippen LogP contribution in [0.25, 0.3) is 17.4 Å². The van der Waals surface area contributed by atoms with Gasteiger partial charge in [0.1, 0.15) is 23.2 Å². The molecule has 1 N–H and O–H groups in total. The van der Waals surface area contributed by atoms with Gasteiger partial charge >= 0.3 is 0 Å². The van der Waals surface area contributed by atoms with Gasteiger partial charge in [-0.15, -0.1) is 0 Å². The summed E-state index contributed by atoms with van der Waals surface area (Å²) in [4.78, 5) is 12.4. The Morgan fingerprint density at radius 3 is 2.67 bits per heavy atom. The molecule has 6 heteroatoms. The molecule has 0 fully saturated rings. The SMILES string of the molecule is Cc1c(Cl)cccc1NC(=O)C(C#N)=Cc1ccc(-c2cccc(Cl)c2)o1. The van der Waals surface area contributed by atoms with Crippen LogP contribution in [0.5, 0.6) is 0 Å². The first kappa shape index (κ1) is 18.8. The number of amides is 1. The van der Waals surface area contributed by atoms with Gasteiger partial charge in [-0.2, -0.15) is 5.26 Å². The largest absolute Gasteiger partial charge is 0.457 e. The second kappa shape index (κ2) is 8.13. The molecule has 4 nitrogen and oxygen atoms in total. The summed E-state index contributed by atoms with van der Waals surface area (Å²) in [6.45, 7) is 1.79. The number of anilines is 1. The van der Waals surface area contributed by atoms with E-state index in [1.54, 1.807) is 49.4 Å². The van der Waals surface area contributed by atoms with Crippen molar-refractivity contribution in [2.75, 3.05) is 5.32 Å². The van der Waals surface area contributed by atoms with Crippen LogP contribution >= 0.6 is 23.2 Å². The fourth-order valence-electron chi connectivity index (χ4n) is 2.45. The minimum Gasteiger partial charge on any atom is -0.457 e. The monoisotopic (exact) mass is 396 g/mol. The molecule has 0 spiro atoms. The molecular weight excluding hydrogens is 383 g/mol. The summed E-state index contributed by atoms with van der Waals surface area (Å²) >= 11 is 12.0. The molecule has 0 saturated heterocycles. The smallest absolute Gasteiger partial charge is 0.266 e. The van der Waals surface area contributed by atoms with Gasteiger partial charge in [-0.1, -0.05) is 41.4 Å². The van der Waals surface area contributed by atoms with Crippen LogP contribution in [0, 0.1) is 18.3 Å². The van der Waals surface area contributed by atoms with Crippen LogP contribution in [0.2, 0.25) is 10.0 Å². The molecule has 3 aromatic rings. The van der Waals surface area contributed by atoms with E-state index in [0.717, 1.165) is 11.1 Å². The third-order valence-electron chi connectivity index (χ3n) is 3.90. The Hall–Kier alpha value is -3.00. The zero-order chi connectivity index (χ0) is 19.4. The van der Waals surface area contributed by atoms with Crippen molar-refractivity contribution in [1.29, 1.82) is 5.26 Å². The Morgan fingerprint density at radius 2 is 1.93 bits per heavy atom. The Kier molecular flexibility index (Phi) is 5.66. The van der Waals surface area contributed by atoms with Gasteiger partial charge in [0.25, 0.3) is 5.91 Å². The van der Waals surface area contributed by atoms with E-state index in [0.29, 0.717) is 27.3 Å². The topological polar surface area (TPSA) is 66.0 Å². The van der Waals surface area contributed by atoms with Gasteiger partial charge in [-0.3, -0.25) is 4.79 Å². The van der Waals surface area contributed by atoms with Crippen LogP contribution in [0.1, 0.15) is 11.3 Å². The highest BCUT2D eigenvalue weighted by Crippen LogP contribution is 2.26. The van der Waals surface area contributed by atoms with Crippen LogP contribution in [0.4, 0.5) is 5.69 Å². The van der Waals surface area contributed by atoms with Gasteiger partial charge in [0.15, 0.2) is 0 Å². The van der Waals surface area contributed by atoms with Crippen molar-refractivity contribution in [1.82, 2.24) is 0 Å². The summed E-state index contributed by atoms with van der Waals surface area (Å²) in [7, 11) is 0. The van der Waals surface area contributed by atoms with Crippen LogP contribution in [0.3, 0.4) is 0 Å². The Bertz CT molecular complexity index is 1080. The molecule has 0 aliphatic rings. The summed E-state index contributed by atoms with van der Waals surface area (Å²) < 4.78 is 5.71. The van der Waals surface area contributed by atoms with Gasteiger partial charge in [-0.25, -0.2) is 0 Å². The lowest BCUT2D eigenvalue weighted by atomic mass is 10.1. The van der Waals surface area contributed by atoms with Crippen LogP contribution in [0.15, 0.2) is 64.6 Å². The minimum atomic E-state index is -0.538. The summed E-state index contributed by atoms with van der Waals surface area (Å²) in [6, 6.07) is 17.7. The van der Waals surface area contributed by atoms with Crippen LogP contribution in [-0.2, 0) is 4.79 Å². The molecule has 0 unspecified atom stereocenters. The molecule has 1 amide bonds. The lowest BCUT2D eigenvalue weighted by Gasteiger charge is -2.08. The van der Waals surface area contributed by atoms with Crippen molar-refractivity contribution < 1.29 is 9.21 Å². The van der Waals surface area contributed by atoms with E-state index in [9.17, 15) is 10.1 Å². The molecule has 27 heavy (non-hydrogen) atoms. The number of benzene rings is 2. The lowest BCUT2D eigenvalue weighted by Crippen LogP contribution is -2.14. The average Bonchev–Trinajstić information content (AvgIpc) is 3.12. The molecular formula is C21H14Cl2N2O2. The maximum absolute atomic E-state index is 12.4. The fourth-order valence-corrected chi connectivity index (χ4v) is 2.82. The van der Waals surface area contributed by atoms with Crippen molar-refractivity contribution in [3.8, 4) is 17.4 Å². The normalized spacial score (nSPS) is 11.1. The Morgan fingerprint density at radius 1 is 1.15 bits per heavy atom. The fraction of sp³-hybridized carbons (Fsp3) is 0.0476. The summed E-state index contributed by atoms with van der Waals surface area (Å²) in [5, 5.41) is 13.2. The first-order chi connectivity index (χ1) is 13.0. The number of nitriles is 1. The quantitative estimate of drug-likeness (QED) is 0.427.